The van der Waals surface area contributed by atoms with E-state index in [0.717, 1.165) is 6.42 Å². The van der Waals surface area contributed by atoms with Crippen LogP contribution in [0.5, 0.6) is 0 Å². The summed E-state index contributed by atoms with van der Waals surface area (Å²) in [5.74, 6) is 0.172. The molecule has 3 nitrogen and oxygen atoms in total. The monoisotopic (exact) mass is 302 g/mol. The molecule has 0 radical (unpaired) electrons. The van der Waals surface area contributed by atoms with Crippen LogP contribution in [0.2, 0.25) is 18.6 Å². The normalized spacial score (nSPS) is 16.8. The molecule has 0 rings (SSSR count). The lowest BCUT2D eigenvalue weighted by molar-refractivity contribution is -0.124. The van der Waals surface area contributed by atoms with E-state index in [1.165, 1.54) is 25.7 Å². The van der Waals surface area contributed by atoms with Crippen molar-refractivity contribution in [1.29, 1.82) is 0 Å². The second-order valence-electron chi connectivity index (χ2n) is 6.57. The second kappa shape index (κ2) is 9.69. The highest BCUT2D eigenvalue weighted by atomic mass is 28.4. The van der Waals surface area contributed by atoms with Gasteiger partial charge in [0.05, 0.1) is 6.10 Å². The van der Waals surface area contributed by atoms with Gasteiger partial charge in [0.1, 0.15) is 5.78 Å². The van der Waals surface area contributed by atoms with Gasteiger partial charge in [-0.25, -0.2) is 0 Å². The first-order valence-corrected chi connectivity index (χ1v) is 11.0. The zero-order valence-electron chi connectivity index (χ0n) is 14.2. The van der Waals surface area contributed by atoms with E-state index in [1.807, 2.05) is 6.92 Å². The van der Waals surface area contributed by atoms with Crippen LogP contribution >= 0.6 is 0 Å². The van der Waals surface area contributed by atoms with Gasteiger partial charge in [-0.3, -0.25) is 4.79 Å². The van der Waals surface area contributed by atoms with Gasteiger partial charge < -0.3 is 9.53 Å². The fourth-order valence-corrected chi connectivity index (χ4v) is 5.44. The number of aliphatic hydroxyl groups excluding tert-OH is 1. The molecule has 0 aromatic heterocycles. The smallest absolute Gasteiger partial charge is 0.189 e. The number of ketones is 1. The highest BCUT2D eigenvalue weighted by Crippen LogP contribution is 2.36. The quantitative estimate of drug-likeness (QED) is 0.460. The summed E-state index contributed by atoms with van der Waals surface area (Å²) in [6, 6.07) is 0. The number of aliphatic hydroxyl groups is 1. The predicted octanol–water partition coefficient (Wildman–Crippen LogP) is 4.15. The number of Topliss-reactive ketones (excluding diaryl/α,β-unsaturated/α-hetero) is 1. The van der Waals surface area contributed by atoms with E-state index < -0.39 is 14.4 Å². The molecule has 0 bridgehead atoms. The Kier molecular flexibility index (Phi) is 9.60. The Morgan fingerprint density at radius 1 is 1.20 bits per heavy atom. The van der Waals surface area contributed by atoms with Crippen LogP contribution in [0.1, 0.15) is 59.3 Å². The van der Waals surface area contributed by atoms with Gasteiger partial charge in [-0.15, -0.1) is 0 Å². The van der Waals surface area contributed by atoms with E-state index in [1.54, 1.807) is 14.0 Å². The average Bonchev–Trinajstić information content (AvgIpc) is 2.37. The molecule has 120 valence electrons. The molecule has 0 saturated carbocycles. The molecule has 0 fully saturated rings. The first-order chi connectivity index (χ1) is 9.26. The van der Waals surface area contributed by atoms with E-state index >= 15 is 0 Å². The molecule has 0 aliphatic carbocycles. The molecule has 20 heavy (non-hydrogen) atoms. The van der Waals surface area contributed by atoms with Crippen molar-refractivity contribution in [2.24, 2.45) is 5.92 Å². The molecular formula is C16H34O3Si. The third-order valence-electron chi connectivity index (χ3n) is 4.40. The van der Waals surface area contributed by atoms with Crippen LogP contribution in [0.4, 0.5) is 0 Å². The largest absolute Gasteiger partial charge is 0.420 e. The van der Waals surface area contributed by atoms with Crippen LogP contribution in [0.15, 0.2) is 0 Å². The molecule has 0 aliphatic rings. The van der Waals surface area contributed by atoms with E-state index in [4.69, 9.17) is 4.43 Å². The van der Waals surface area contributed by atoms with Crippen molar-refractivity contribution in [3.05, 3.63) is 0 Å². The van der Waals surface area contributed by atoms with Gasteiger partial charge in [-0.05, 0) is 25.6 Å². The topological polar surface area (TPSA) is 46.5 Å². The molecule has 0 aliphatic heterocycles. The molecule has 3 atom stereocenters. The molecule has 0 saturated heterocycles. The lowest BCUT2D eigenvalue weighted by Crippen LogP contribution is -2.41. The average molecular weight is 303 g/mol. The summed E-state index contributed by atoms with van der Waals surface area (Å²) in [7, 11) is -0.0713. The fraction of sp³-hybridized carbons (Fsp3) is 0.938. The molecule has 0 aromatic carbocycles. The molecular weight excluding hydrogens is 268 g/mol. The predicted molar refractivity (Wildman–Crippen MR) is 87.5 cm³/mol. The van der Waals surface area contributed by atoms with Crippen molar-refractivity contribution in [1.82, 2.24) is 0 Å². The van der Waals surface area contributed by atoms with Crippen LogP contribution < -0.4 is 0 Å². The van der Waals surface area contributed by atoms with Gasteiger partial charge in [0.15, 0.2) is 8.32 Å². The van der Waals surface area contributed by atoms with Crippen LogP contribution in [0.3, 0.4) is 0 Å². The molecule has 1 N–H and O–H groups in total. The second-order valence-corrected chi connectivity index (χ2v) is 10.9. The third kappa shape index (κ3) is 7.00. The minimum Gasteiger partial charge on any atom is -0.420 e. The lowest BCUT2D eigenvalue weighted by atomic mass is 9.94. The number of carbonyl (C=O) groups excluding carboxylic acids is 1. The summed E-state index contributed by atoms with van der Waals surface area (Å²) < 4.78 is 5.76. The standard InChI is InChI=1S/C16H34O3Si/c1-7-8-9-10-11-16(20(5,6)19-4)14(3)15(18)12-13(2)17/h13-14,16-17H,7-12H2,1-6H3/t13-,14+,16-/m0/s1. The highest BCUT2D eigenvalue weighted by Gasteiger charge is 2.38. The Morgan fingerprint density at radius 2 is 1.80 bits per heavy atom. The Hall–Kier alpha value is -0.193. The SMILES string of the molecule is CCCCCC[C@@H]([C@H](C)C(=O)C[C@H](C)O)[Si](C)(C)OC. The van der Waals surface area contributed by atoms with Crippen molar-refractivity contribution in [3.8, 4) is 0 Å². The summed E-state index contributed by atoms with van der Waals surface area (Å²) in [4.78, 5) is 12.3. The fourth-order valence-electron chi connectivity index (χ4n) is 2.84. The van der Waals surface area contributed by atoms with Gasteiger partial charge in [-0.1, -0.05) is 46.0 Å². The van der Waals surface area contributed by atoms with E-state index in [-0.39, 0.29) is 18.1 Å². The zero-order chi connectivity index (χ0) is 15.8. The summed E-state index contributed by atoms with van der Waals surface area (Å²) in [5, 5.41) is 9.42. The number of carbonyl (C=O) groups is 1. The number of rotatable bonds is 11. The molecule has 4 heteroatoms. The minimum absolute atomic E-state index is 0.00663. The van der Waals surface area contributed by atoms with Gasteiger partial charge in [0, 0.05) is 19.4 Å². The Balaban J connectivity index is 4.70. The van der Waals surface area contributed by atoms with Crippen molar-refractivity contribution < 1.29 is 14.3 Å². The Bertz CT molecular complexity index is 277. The zero-order valence-corrected chi connectivity index (χ0v) is 15.2. The van der Waals surface area contributed by atoms with Crippen LogP contribution in [-0.4, -0.2) is 32.4 Å². The Morgan fingerprint density at radius 3 is 2.25 bits per heavy atom. The van der Waals surface area contributed by atoms with Crippen molar-refractivity contribution >= 4 is 14.1 Å². The molecule has 0 amide bonds. The number of hydrogen-bond acceptors (Lipinski definition) is 3. The van der Waals surface area contributed by atoms with E-state index in [0.29, 0.717) is 5.54 Å². The van der Waals surface area contributed by atoms with Crippen LogP contribution in [0.25, 0.3) is 0 Å². The first kappa shape index (κ1) is 19.8. The third-order valence-corrected chi connectivity index (χ3v) is 8.02. The maximum absolute atomic E-state index is 12.3. The number of hydrogen-bond donors (Lipinski definition) is 1. The maximum Gasteiger partial charge on any atom is 0.189 e. The molecule has 0 unspecified atom stereocenters. The lowest BCUT2D eigenvalue weighted by Gasteiger charge is -2.35. The summed E-state index contributed by atoms with van der Waals surface area (Å²) in [6.07, 6.45) is 5.69. The molecule has 0 aromatic rings. The van der Waals surface area contributed by atoms with Gasteiger partial charge in [0.2, 0.25) is 0 Å². The van der Waals surface area contributed by atoms with Crippen LogP contribution in [0, 0.1) is 5.92 Å². The maximum atomic E-state index is 12.3. The van der Waals surface area contributed by atoms with Gasteiger partial charge in [0.25, 0.3) is 0 Å². The molecule has 0 spiro atoms. The van der Waals surface area contributed by atoms with Gasteiger partial charge in [-0.2, -0.15) is 0 Å². The van der Waals surface area contributed by atoms with Gasteiger partial charge >= 0.3 is 0 Å². The molecule has 0 heterocycles. The van der Waals surface area contributed by atoms with Crippen molar-refractivity contribution in [2.45, 2.75) is 84.0 Å². The van der Waals surface area contributed by atoms with Crippen molar-refractivity contribution in [2.75, 3.05) is 7.11 Å². The summed E-state index contributed by atoms with van der Waals surface area (Å²) >= 11 is 0. The Labute approximate surface area is 126 Å². The number of unbranched alkanes of at least 4 members (excludes halogenated alkanes) is 3. The first-order valence-electron chi connectivity index (χ1n) is 8.02. The van der Waals surface area contributed by atoms with Crippen molar-refractivity contribution in [3.63, 3.8) is 0 Å². The highest BCUT2D eigenvalue weighted by molar-refractivity contribution is 6.72. The summed E-state index contributed by atoms with van der Waals surface area (Å²) in [5.41, 5.74) is 0.343. The van der Waals surface area contributed by atoms with E-state index in [9.17, 15) is 9.90 Å². The van der Waals surface area contributed by atoms with Crippen LogP contribution in [-0.2, 0) is 9.22 Å². The van der Waals surface area contributed by atoms with E-state index in [2.05, 4.69) is 20.0 Å². The summed E-state index contributed by atoms with van der Waals surface area (Å²) in [6.45, 7) is 10.3. The minimum atomic E-state index is -1.85.